The molecule has 8 nitrogen and oxygen atoms in total. The maximum absolute atomic E-state index is 12.2. The number of hydrogen-bond acceptors (Lipinski definition) is 6. The summed E-state index contributed by atoms with van der Waals surface area (Å²) in [6, 6.07) is 4.28. The number of morpholine rings is 2. The van der Waals surface area contributed by atoms with Crippen molar-refractivity contribution in [3.63, 3.8) is 0 Å². The SMILES string of the molecule is CCNC(=O)N[C@H]1CCCC[C@@]12CN(Cc1ccnc(N3CCOCC3)c1)CCO2. The van der Waals surface area contributed by atoms with Gasteiger partial charge in [-0.25, -0.2) is 9.78 Å². The fourth-order valence-corrected chi connectivity index (χ4v) is 4.94. The van der Waals surface area contributed by atoms with Gasteiger partial charge in [-0.1, -0.05) is 12.8 Å². The van der Waals surface area contributed by atoms with E-state index in [1.54, 1.807) is 0 Å². The second kappa shape index (κ2) is 9.94. The van der Waals surface area contributed by atoms with E-state index in [0.29, 0.717) is 13.2 Å². The normalized spacial score (nSPS) is 27.8. The average molecular weight is 418 g/mol. The first-order chi connectivity index (χ1) is 14.7. The van der Waals surface area contributed by atoms with Gasteiger partial charge in [-0.05, 0) is 37.5 Å². The summed E-state index contributed by atoms with van der Waals surface area (Å²) in [6.07, 6.45) is 6.17. The molecule has 1 saturated carbocycles. The second-order valence-electron chi connectivity index (χ2n) is 8.55. The van der Waals surface area contributed by atoms with Gasteiger partial charge in [-0.15, -0.1) is 0 Å². The van der Waals surface area contributed by atoms with Crippen LogP contribution in [-0.4, -0.2) is 80.1 Å². The van der Waals surface area contributed by atoms with Crippen molar-refractivity contribution in [2.75, 3.05) is 57.4 Å². The first kappa shape index (κ1) is 21.3. The first-order valence-electron chi connectivity index (χ1n) is 11.4. The van der Waals surface area contributed by atoms with Gasteiger partial charge >= 0.3 is 6.03 Å². The van der Waals surface area contributed by atoms with E-state index in [-0.39, 0.29) is 17.7 Å². The summed E-state index contributed by atoms with van der Waals surface area (Å²) in [7, 11) is 0. The molecule has 2 saturated heterocycles. The molecule has 2 atom stereocenters. The van der Waals surface area contributed by atoms with Gasteiger partial charge in [0.15, 0.2) is 0 Å². The highest BCUT2D eigenvalue weighted by Crippen LogP contribution is 2.35. The van der Waals surface area contributed by atoms with Gasteiger partial charge in [-0.3, -0.25) is 4.90 Å². The van der Waals surface area contributed by atoms with Gasteiger partial charge < -0.3 is 25.0 Å². The first-order valence-corrected chi connectivity index (χ1v) is 11.4. The van der Waals surface area contributed by atoms with E-state index >= 15 is 0 Å². The van der Waals surface area contributed by atoms with E-state index in [0.717, 1.165) is 77.4 Å². The molecule has 30 heavy (non-hydrogen) atoms. The Labute approximate surface area is 179 Å². The highest BCUT2D eigenvalue weighted by atomic mass is 16.5. The van der Waals surface area contributed by atoms with Gasteiger partial charge in [0.2, 0.25) is 0 Å². The van der Waals surface area contributed by atoms with Crippen LogP contribution >= 0.6 is 0 Å². The van der Waals surface area contributed by atoms with Crippen molar-refractivity contribution in [1.29, 1.82) is 0 Å². The molecule has 1 aliphatic carbocycles. The predicted molar refractivity (Wildman–Crippen MR) is 116 cm³/mol. The standard InChI is InChI=1S/C22H35N5O3/c1-2-23-21(28)25-19-5-3-4-7-22(19)17-26(9-14-30-22)16-18-6-8-24-20(15-18)27-10-12-29-13-11-27/h6,8,15,19H,2-5,7,9-14,16-17H2,1H3,(H2,23,25,28)/t19-,22+/m0/s1. The minimum Gasteiger partial charge on any atom is -0.378 e. The van der Waals surface area contributed by atoms with Crippen LogP contribution in [0.3, 0.4) is 0 Å². The number of carbonyl (C=O) groups excluding carboxylic acids is 1. The van der Waals surface area contributed by atoms with Crippen LogP contribution < -0.4 is 15.5 Å². The van der Waals surface area contributed by atoms with Crippen molar-refractivity contribution in [2.24, 2.45) is 0 Å². The molecule has 0 aromatic carbocycles. The summed E-state index contributed by atoms with van der Waals surface area (Å²) >= 11 is 0. The average Bonchev–Trinajstić information content (AvgIpc) is 2.77. The predicted octanol–water partition coefficient (Wildman–Crippen LogP) is 1.75. The lowest BCUT2D eigenvalue weighted by Crippen LogP contribution is -2.64. The third-order valence-electron chi connectivity index (χ3n) is 6.46. The van der Waals surface area contributed by atoms with Crippen LogP contribution in [-0.2, 0) is 16.0 Å². The summed E-state index contributed by atoms with van der Waals surface area (Å²) in [4.78, 5) is 21.5. The lowest BCUT2D eigenvalue weighted by atomic mass is 9.79. The Balaban J connectivity index is 1.42. The molecule has 3 heterocycles. The van der Waals surface area contributed by atoms with Crippen molar-refractivity contribution in [3.8, 4) is 0 Å². The smallest absolute Gasteiger partial charge is 0.315 e. The van der Waals surface area contributed by atoms with Gasteiger partial charge in [-0.2, -0.15) is 0 Å². The van der Waals surface area contributed by atoms with E-state index in [2.05, 4.69) is 37.6 Å². The van der Waals surface area contributed by atoms with Gasteiger partial charge in [0.05, 0.1) is 25.9 Å². The zero-order valence-corrected chi connectivity index (χ0v) is 18.1. The number of amides is 2. The molecule has 2 N–H and O–H groups in total. The molecule has 1 spiro atoms. The number of anilines is 1. The largest absolute Gasteiger partial charge is 0.378 e. The van der Waals surface area contributed by atoms with E-state index in [1.165, 1.54) is 5.56 Å². The molecular weight excluding hydrogens is 382 g/mol. The molecule has 0 bridgehead atoms. The Morgan fingerprint density at radius 3 is 2.97 bits per heavy atom. The van der Waals surface area contributed by atoms with Crippen molar-refractivity contribution in [1.82, 2.24) is 20.5 Å². The highest BCUT2D eigenvalue weighted by Gasteiger charge is 2.45. The van der Waals surface area contributed by atoms with Crippen LogP contribution in [0.25, 0.3) is 0 Å². The zero-order valence-electron chi connectivity index (χ0n) is 18.1. The van der Waals surface area contributed by atoms with Crippen molar-refractivity contribution < 1.29 is 14.3 Å². The van der Waals surface area contributed by atoms with Crippen molar-refractivity contribution >= 4 is 11.8 Å². The number of urea groups is 1. The van der Waals surface area contributed by atoms with Gasteiger partial charge in [0.25, 0.3) is 0 Å². The van der Waals surface area contributed by atoms with E-state index in [1.807, 2.05) is 13.1 Å². The fourth-order valence-electron chi connectivity index (χ4n) is 4.94. The summed E-state index contributed by atoms with van der Waals surface area (Å²) in [5.41, 5.74) is 0.981. The highest BCUT2D eigenvalue weighted by molar-refractivity contribution is 5.74. The lowest BCUT2D eigenvalue weighted by molar-refractivity contribution is -0.142. The van der Waals surface area contributed by atoms with Crippen LogP contribution in [0, 0.1) is 0 Å². The molecule has 2 amide bonds. The minimum absolute atomic E-state index is 0.0574. The quantitative estimate of drug-likeness (QED) is 0.760. The van der Waals surface area contributed by atoms with Crippen LogP contribution in [0.15, 0.2) is 18.3 Å². The Hall–Kier alpha value is -1.90. The molecule has 4 rings (SSSR count). The number of carbonyl (C=O) groups is 1. The molecule has 3 aliphatic rings. The molecule has 1 aromatic heterocycles. The van der Waals surface area contributed by atoms with Crippen LogP contribution in [0.5, 0.6) is 0 Å². The number of pyridine rings is 1. The molecule has 8 heteroatoms. The van der Waals surface area contributed by atoms with Crippen LogP contribution in [0.4, 0.5) is 10.6 Å². The van der Waals surface area contributed by atoms with Crippen molar-refractivity contribution in [3.05, 3.63) is 23.9 Å². The van der Waals surface area contributed by atoms with Crippen molar-refractivity contribution in [2.45, 2.75) is 50.8 Å². The number of nitrogens with zero attached hydrogens (tertiary/aromatic N) is 3. The topological polar surface area (TPSA) is 79.0 Å². The van der Waals surface area contributed by atoms with Gasteiger partial charge in [0, 0.05) is 45.5 Å². The van der Waals surface area contributed by atoms with Gasteiger partial charge in [0.1, 0.15) is 11.4 Å². The second-order valence-corrected chi connectivity index (χ2v) is 8.55. The van der Waals surface area contributed by atoms with Crippen LogP contribution in [0.2, 0.25) is 0 Å². The zero-order chi connectivity index (χ0) is 20.8. The molecule has 1 aromatic rings. The Morgan fingerprint density at radius 2 is 2.13 bits per heavy atom. The molecule has 3 fully saturated rings. The number of nitrogens with one attached hydrogen (secondary N) is 2. The van der Waals surface area contributed by atoms with E-state index in [4.69, 9.17) is 9.47 Å². The number of aromatic nitrogens is 1. The van der Waals surface area contributed by atoms with E-state index < -0.39 is 0 Å². The minimum atomic E-state index is -0.290. The Morgan fingerprint density at radius 1 is 1.27 bits per heavy atom. The number of ether oxygens (including phenoxy) is 2. The molecule has 0 unspecified atom stereocenters. The number of rotatable bonds is 5. The Bertz CT molecular complexity index is 708. The summed E-state index contributed by atoms with van der Waals surface area (Å²) in [5.74, 6) is 1.03. The van der Waals surface area contributed by atoms with Crippen LogP contribution in [0.1, 0.15) is 38.2 Å². The summed E-state index contributed by atoms with van der Waals surface area (Å²) < 4.78 is 11.8. The van der Waals surface area contributed by atoms with E-state index in [9.17, 15) is 4.79 Å². The summed E-state index contributed by atoms with van der Waals surface area (Å²) in [6.45, 7) is 9.21. The maximum Gasteiger partial charge on any atom is 0.315 e. The summed E-state index contributed by atoms with van der Waals surface area (Å²) in [5, 5.41) is 6.05. The fraction of sp³-hybridized carbons (Fsp3) is 0.727. The molecule has 0 radical (unpaired) electrons. The maximum atomic E-state index is 12.2. The lowest BCUT2D eigenvalue weighted by Gasteiger charge is -2.49. The molecular formula is C22H35N5O3. The molecule has 166 valence electrons. The number of hydrogen-bond donors (Lipinski definition) is 2. The Kier molecular flexibility index (Phi) is 7.07. The third-order valence-corrected chi connectivity index (χ3v) is 6.46. The molecule has 2 aliphatic heterocycles. The monoisotopic (exact) mass is 417 g/mol. The third kappa shape index (κ3) is 5.04.